The molecule has 2 aliphatic rings. The van der Waals surface area contributed by atoms with Gasteiger partial charge < -0.3 is 15.4 Å². The second-order valence-electron chi connectivity index (χ2n) is 6.48. The Morgan fingerprint density at radius 2 is 2.00 bits per heavy atom. The highest BCUT2D eigenvalue weighted by Crippen LogP contribution is 2.31. The van der Waals surface area contributed by atoms with Gasteiger partial charge in [-0.3, -0.25) is 4.79 Å². The predicted molar refractivity (Wildman–Crippen MR) is 92.4 cm³/mol. The fourth-order valence-electron chi connectivity index (χ4n) is 3.63. The molecule has 1 saturated carbocycles. The molecule has 1 aromatic rings. The summed E-state index contributed by atoms with van der Waals surface area (Å²) >= 11 is 0. The van der Waals surface area contributed by atoms with Gasteiger partial charge in [0.1, 0.15) is 0 Å². The van der Waals surface area contributed by atoms with E-state index in [0.717, 1.165) is 24.2 Å². The second-order valence-corrected chi connectivity index (χ2v) is 6.48. The fraction of sp³-hybridized carbons (Fsp3) is 0.632. The third-order valence-corrected chi connectivity index (χ3v) is 4.83. The molecule has 4 nitrogen and oxygen atoms in total. The highest BCUT2D eigenvalue weighted by atomic mass is 16.5. The molecular formula is C19H28N2O2. The summed E-state index contributed by atoms with van der Waals surface area (Å²) in [7, 11) is 0. The van der Waals surface area contributed by atoms with Crippen LogP contribution in [0.2, 0.25) is 0 Å². The van der Waals surface area contributed by atoms with Crippen molar-refractivity contribution in [3.63, 3.8) is 0 Å². The van der Waals surface area contributed by atoms with Gasteiger partial charge in [-0.1, -0.05) is 25.0 Å². The van der Waals surface area contributed by atoms with Crippen LogP contribution in [0.25, 0.3) is 0 Å². The molecule has 0 radical (unpaired) electrons. The lowest BCUT2D eigenvalue weighted by atomic mass is 9.86. The van der Waals surface area contributed by atoms with E-state index in [-0.39, 0.29) is 6.04 Å². The van der Waals surface area contributed by atoms with E-state index in [2.05, 4.69) is 22.8 Å². The van der Waals surface area contributed by atoms with Crippen molar-refractivity contribution in [2.75, 3.05) is 18.5 Å². The molecule has 0 aromatic heterocycles. The third kappa shape index (κ3) is 4.05. The molecule has 2 atom stereocenters. The topological polar surface area (TPSA) is 50.4 Å². The maximum absolute atomic E-state index is 12.3. The largest absolute Gasteiger partial charge is 0.466 e. The molecule has 0 spiro atoms. The summed E-state index contributed by atoms with van der Waals surface area (Å²) in [6.45, 7) is 2.93. The molecule has 0 unspecified atom stereocenters. The number of rotatable bonds is 5. The average Bonchev–Trinajstić information content (AvgIpc) is 3.09. The van der Waals surface area contributed by atoms with Crippen molar-refractivity contribution < 1.29 is 10.9 Å². The molecule has 23 heavy (non-hydrogen) atoms. The van der Waals surface area contributed by atoms with Gasteiger partial charge in [-0.05, 0) is 56.8 Å². The number of nitrogens with one attached hydrogen (secondary N) is 2. The molecule has 3 rings (SSSR count). The highest BCUT2D eigenvalue weighted by molar-refractivity contribution is 5.74. The van der Waals surface area contributed by atoms with Crippen LogP contribution in [0.4, 0.5) is 5.69 Å². The number of piperidine rings is 1. The van der Waals surface area contributed by atoms with Gasteiger partial charge in [-0.15, -0.1) is 0 Å². The minimum Gasteiger partial charge on any atom is -0.466 e. The van der Waals surface area contributed by atoms with Crippen molar-refractivity contribution in [3.05, 3.63) is 29.8 Å². The lowest BCUT2D eigenvalue weighted by molar-refractivity contribution is -0.150. The monoisotopic (exact) mass is 317 g/mol. The average molecular weight is 317 g/mol. The third-order valence-electron chi connectivity index (χ3n) is 4.83. The first-order chi connectivity index (χ1) is 11.6. The first kappa shape index (κ1) is 15.0. The van der Waals surface area contributed by atoms with E-state index in [1.807, 2.05) is 12.1 Å². The van der Waals surface area contributed by atoms with E-state index in [0.29, 0.717) is 19.1 Å². The summed E-state index contributed by atoms with van der Waals surface area (Å²) in [5.74, 6) is -1.66. The maximum Gasteiger partial charge on any atom is 0.310 e. The molecule has 1 aromatic carbocycles. The molecule has 2 N–H and O–H groups in total. The van der Waals surface area contributed by atoms with Gasteiger partial charge in [-0.25, -0.2) is 0 Å². The Morgan fingerprint density at radius 1 is 1.26 bits per heavy atom. The van der Waals surface area contributed by atoms with Crippen LogP contribution in [0.3, 0.4) is 0 Å². The van der Waals surface area contributed by atoms with E-state index in [1.54, 1.807) is 6.92 Å². The predicted octanol–water partition coefficient (Wildman–Crippen LogP) is 3.64. The number of benzene rings is 1. The van der Waals surface area contributed by atoms with Crippen LogP contribution in [0.1, 0.15) is 58.4 Å². The van der Waals surface area contributed by atoms with Crippen LogP contribution < -0.4 is 10.6 Å². The SMILES string of the molecule is [2H][C@]1(C(=O)OCC)CCCN[C@H]1c1ccc(NC2CCCC2)cc1. The first-order valence-corrected chi connectivity index (χ1v) is 8.90. The smallest absolute Gasteiger partial charge is 0.310 e. The number of esters is 1. The Balaban J connectivity index is 1.74. The van der Waals surface area contributed by atoms with E-state index in [9.17, 15) is 4.79 Å². The van der Waals surface area contributed by atoms with Gasteiger partial charge in [-0.2, -0.15) is 0 Å². The van der Waals surface area contributed by atoms with Crippen LogP contribution >= 0.6 is 0 Å². The molecule has 4 heteroatoms. The van der Waals surface area contributed by atoms with E-state index in [1.165, 1.54) is 25.7 Å². The van der Waals surface area contributed by atoms with Crippen LogP contribution in [0, 0.1) is 5.89 Å². The van der Waals surface area contributed by atoms with E-state index >= 15 is 0 Å². The van der Waals surface area contributed by atoms with Crippen molar-refractivity contribution in [1.82, 2.24) is 5.32 Å². The molecule has 0 amide bonds. The normalized spacial score (nSPS) is 29.1. The van der Waals surface area contributed by atoms with Crippen LogP contribution in [-0.2, 0) is 9.53 Å². The van der Waals surface area contributed by atoms with Crippen LogP contribution in [-0.4, -0.2) is 25.2 Å². The van der Waals surface area contributed by atoms with Crippen LogP contribution in [0.15, 0.2) is 24.3 Å². The first-order valence-electron chi connectivity index (χ1n) is 9.40. The second kappa shape index (κ2) is 7.82. The molecule has 126 valence electrons. The zero-order valence-corrected chi connectivity index (χ0v) is 13.9. The van der Waals surface area contributed by atoms with E-state index in [4.69, 9.17) is 6.11 Å². The van der Waals surface area contributed by atoms with Crippen molar-refractivity contribution in [3.8, 4) is 0 Å². The van der Waals surface area contributed by atoms with Gasteiger partial charge in [0.2, 0.25) is 0 Å². The zero-order chi connectivity index (χ0) is 17.0. The van der Waals surface area contributed by atoms with Crippen molar-refractivity contribution in [1.29, 1.82) is 0 Å². The number of hydrogen-bond donors (Lipinski definition) is 2. The minimum atomic E-state index is -1.24. The van der Waals surface area contributed by atoms with Crippen molar-refractivity contribution in [2.24, 2.45) is 5.89 Å². The quantitative estimate of drug-likeness (QED) is 0.814. The fourth-order valence-corrected chi connectivity index (χ4v) is 3.63. The molecule has 1 aliphatic carbocycles. The number of carbonyl (C=O) groups is 1. The van der Waals surface area contributed by atoms with Gasteiger partial charge in [0.25, 0.3) is 0 Å². The molecular weight excluding hydrogens is 288 g/mol. The Labute approximate surface area is 140 Å². The number of anilines is 1. The van der Waals surface area contributed by atoms with Gasteiger partial charge >= 0.3 is 5.97 Å². The summed E-state index contributed by atoms with van der Waals surface area (Å²) in [5.41, 5.74) is 2.10. The lowest BCUT2D eigenvalue weighted by Crippen LogP contribution is -2.39. The molecule has 1 saturated heterocycles. The Morgan fingerprint density at radius 3 is 2.70 bits per heavy atom. The standard InChI is InChI=1S/C19H28N2O2/c1-2-23-19(22)17-8-5-13-20-18(17)14-9-11-16(12-10-14)21-15-6-3-4-7-15/h9-12,15,17-18,20-21H,2-8,13H2,1H3/t17-,18-/m0/s1/i17D. The summed E-state index contributed by atoms with van der Waals surface area (Å²) in [6.07, 6.45) is 6.45. The lowest BCUT2D eigenvalue weighted by Gasteiger charge is -2.31. The molecule has 1 aliphatic heterocycles. The van der Waals surface area contributed by atoms with Crippen molar-refractivity contribution in [2.45, 2.75) is 57.5 Å². The summed E-state index contributed by atoms with van der Waals surface area (Å²) in [4.78, 5) is 12.3. The van der Waals surface area contributed by atoms with Crippen molar-refractivity contribution >= 4 is 11.7 Å². The van der Waals surface area contributed by atoms with Gasteiger partial charge in [0.15, 0.2) is 0 Å². The molecule has 2 fully saturated rings. The van der Waals surface area contributed by atoms with Gasteiger partial charge in [0, 0.05) is 19.1 Å². The molecule has 0 bridgehead atoms. The Kier molecular flexibility index (Phi) is 5.10. The zero-order valence-electron chi connectivity index (χ0n) is 14.9. The Hall–Kier alpha value is -1.55. The highest BCUT2D eigenvalue weighted by Gasteiger charge is 2.32. The molecule has 1 heterocycles. The van der Waals surface area contributed by atoms with Crippen LogP contribution in [0.5, 0.6) is 0 Å². The van der Waals surface area contributed by atoms with E-state index < -0.39 is 11.9 Å². The minimum absolute atomic E-state index is 0.314. The maximum atomic E-state index is 12.3. The number of ether oxygens (including phenoxy) is 1. The number of carbonyl (C=O) groups excluding carboxylic acids is 1. The van der Waals surface area contributed by atoms with Gasteiger partial charge in [0.05, 0.1) is 12.5 Å². The number of hydrogen-bond acceptors (Lipinski definition) is 4. The summed E-state index contributed by atoms with van der Waals surface area (Å²) in [5, 5.41) is 6.93. The summed E-state index contributed by atoms with van der Waals surface area (Å²) in [6, 6.07) is 8.46. The summed E-state index contributed by atoms with van der Waals surface area (Å²) < 4.78 is 13.9. The Bertz CT molecular complexity index is 557.